The second-order valence-electron chi connectivity index (χ2n) is 6.52. The van der Waals surface area contributed by atoms with Gasteiger partial charge in [-0.05, 0) is 28.5 Å². The van der Waals surface area contributed by atoms with Gasteiger partial charge in [-0.1, -0.05) is 24.3 Å². The highest BCUT2D eigenvalue weighted by Gasteiger charge is 2.25. The predicted octanol–water partition coefficient (Wildman–Crippen LogP) is 1.25. The highest BCUT2D eigenvalue weighted by atomic mass is 16.5. The maximum Gasteiger partial charge on any atom is 0.314 e. The van der Waals surface area contributed by atoms with Crippen LogP contribution in [0.4, 0.5) is 0 Å². The molecular formula is C20H24N2O5. The Labute approximate surface area is 157 Å². The number of phenols is 1. The lowest BCUT2D eigenvalue weighted by molar-refractivity contribution is -0.142. The number of phenolic OH excluding ortho intramolecular Hbond substituents is 1. The molecule has 0 aromatic heterocycles. The number of hydrogen-bond donors (Lipinski definition) is 2. The minimum atomic E-state index is -0.658. The van der Waals surface area contributed by atoms with Gasteiger partial charge in [-0.25, -0.2) is 0 Å². The smallest absolute Gasteiger partial charge is 0.314 e. The topological polar surface area (TPSA) is 88.1 Å². The number of fused-ring (bicyclic) bond motifs is 1. The molecule has 1 amide bonds. The maximum absolute atomic E-state index is 12.4. The van der Waals surface area contributed by atoms with E-state index in [-0.39, 0.29) is 24.7 Å². The SMILES string of the molecule is COC(=O)C(CNC(=O)CN1CCOCC1)c1cccc2ccc(O)cc12. The van der Waals surface area contributed by atoms with Gasteiger partial charge in [-0.2, -0.15) is 0 Å². The Balaban J connectivity index is 1.75. The number of morpholine rings is 1. The highest BCUT2D eigenvalue weighted by molar-refractivity contribution is 5.92. The number of hydrogen-bond acceptors (Lipinski definition) is 6. The van der Waals surface area contributed by atoms with Crippen molar-refractivity contribution in [1.29, 1.82) is 0 Å². The van der Waals surface area contributed by atoms with Gasteiger partial charge in [0.15, 0.2) is 0 Å². The zero-order valence-corrected chi connectivity index (χ0v) is 15.3. The van der Waals surface area contributed by atoms with Crippen molar-refractivity contribution in [2.75, 3.05) is 46.5 Å². The summed E-state index contributed by atoms with van der Waals surface area (Å²) >= 11 is 0. The summed E-state index contributed by atoms with van der Waals surface area (Å²) in [5.41, 5.74) is 0.710. The van der Waals surface area contributed by atoms with Gasteiger partial charge in [0.05, 0.1) is 32.8 Å². The Morgan fingerprint density at radius 2 is 2.04 bits per heavy atom. The van der Waals surface area contributed by atoms with Crippen LogP contribution in [0.15, 0.2) is 36.4 Å². The number of nitrogens with one attached hydrogen (secondary N) is 1. The van der Waals surface area contributed by atoms with Gasteiger partial charge < -0.3 is 19.9 Å². The minimum absolute atomic E-state index is 0.120. The molecule has 27 heavy (non-hydrogen) atoms. The van der Waals surface area contributed by atoms with Crippen molar-refractivity contribution in [3.8, 4) is 5.75 Å². The summed E-state index contributed by atoms with van der Waals surface area (Å²) in [6.45, 7) is 3.08. The zero-order chi connectivity index (χ0) is 19.2. The van der Waals surface area contributed by atoms with Crippen molar-refractivity contribution < 1.29 is 24.2 Å². The minimum Gasteiger partial charge on any atom is -0.508 e. The molecule has 1 unspecified atom stereocenters. The first-order valence-electron chi connectivity index (χ1n) is 8.95. The van der Waals surface area contributed by atoms with Crippen LogP contribution in [0, 0.1) is 0 Å². The molecule has 3 rings (SSSR count). The van der Waals surface area contributed by atoms with Crippen LogP contribution in [0.2, 0.25) is 0 Å². The highest BCUT2D eigenvalue weighted by Crippen LogP contribution is 2.29. The summed E-state index contributed by atoms with van der Waals surface area (Å²) in [6, 6.07) is 10.6. The molecule has 2 aromatic rings. The Morgan fingerprint density at radius 3 is 2.78 bits per heavy atom. The van der Waals surface area contributed by atoms with Crippen LogP contribution in [0.3, 0.4) is 0 Å². The summed E-state index contributed by atoms with van der Waals surface area (Å²) in [6.07, 6.45) is 0. The number of amides is 1. The number of nitrogens with zero attached hydrogens (tertiary/aromatic N) is 1. The number of esters is 1. The van der Waals surface area contributed by atoms with Crippen molar-refractivity contribution in [3.63, 3.8) is 0 Å². The lowest BCUT2D eigenvalue weighted by Crippen LogP contribution is -2.44. The van der Waals surface area contributed by atoms with E-state index >= 15 is 0 Å². The summed E-state index contributed by atoms with van der Waals surface area (Å²) < 4.78 is 10.2. The van der Waals surface area contributed by atoms with Crippen molar-refractivity contribution >= 4 is 22.6 Å². The molecule has 1 saturated heterocycles. The van der Waals surface area contributed by atoms with E-state index in [9.17, 15) is 14.7 Å². The van der Waals surface area contributed by atoms with Gasteiger partial charge in [-0.15, -0.1) is 0 Å². The van der Waals surface area contributed by atoms with Crippen molar-refractivity contribution in [3.05, 3.63) is 42.0 Å². The molecule has 144 valence electrons. The zero-order valence-electron chi connectivity index (χ0n) is 15.3. The monoisotopic (exact) mass is 372 g/mol. The number of methoxy groups -OCH3 is 1. The number of aromatic hydroxyl groups is 1. The fourth-order valence-electron chi connectivity index (χ4n) is 3.29. The second-order valence-corrected chi connectivity index (χ2v) is 6.52. The average molecular weight is 372 g/mol. The standard InChI is InChI=1S/C20H24N2O5/c1-26-20(25)18(12-21-19(24)13-22-7-9-27-10-8-22)16-4-2-3-14-5-6-15(23)11-17(14)16/h2-6,11,18,23H,7-10,12-13H2,1H3,(H,21,24). The largest absolute Gasteiger partial charge is 0.508 e. The molecule has 1 atom stereocenters. The summed E-state index contributed by atoms with van der Waals surface area (Å²) in [7, 11) is 1.33. The van der Waals surface area contributed by atoms with E-state index in [1.165, 1.54) is 7.11 Å². The Morgan fingerprint density at radius 1 is 1.26 bits per heavy atom. The van der Waals surface area contributed by atoms with Crippen LogP contribution in [0.5, 0.6) is 5.75 Å². The fraction of sp³-hybridized carbons (Fsp3) is 0.400. The molecule has 1 aliphatic rings. The third-order valence-electron chi connectivity index (χ3n) is 4.73. The van der Waals surface area contributed by atoms with E-state index in [0.29, 0.717) is 18.8 Å². The quantitative estimate of drug-likeness (QED) is 0.742. The predicted molar refractivity (Wildman–Crippen MR) is 101 cm³/mol. The number of ether oxygens (including phenoxy) is 2. The first-order valence-corrected chi connectivity index (χ1v) is 8.95. The Bertz CT molecular complexity index is 817. The number of benzene rings is 2. The van der Waals surface area contributed by atoms with E-state index in [1.807, 2.05) is 23.1 Å². The normalized spacial score (nSPS) is 16.0. The molecule has 0 saturated carbocycles. The van der Waals surface area contributed by atoms with E-state index in [2.05, 4.69) is 5.32 Å². The van der Waals surface area contributed by atoms with Crippen molar-refractivity contribution in [2.45, 2.75) is 5.92 Å². The number of rotatable bonds is 6. The molecule has 1 heterocycles. The average Bonchev–Trinajstić information content (AvgIpc) is 2.68. The van der Waals surface area contributed by atoms with Gasteiger partial charge in [0.2, 0.25) is 5.91 Å². The summed E-state index contributed by atoms with van der Waals surface area (Å²) in [4.78, 5) is 26.7. The molecule has 0 bridgehead atoms. The first kappa shape index (κ1) is 19.1. The molecule has 0 radical (unpaired) electrons. The van der Waals surface area contributed by atoms with Gasteiger partial charge in [0.1, 0.15) is 5.75 Å². The Hall–Kier alpha value is -2.64. The van der Waals surface area contributed by atoms with E-state index in [4.69, 9.17) is 9.47 Å². The lowest BCUT2D eigenvalue weighted by Gasteiger charge is -2.26. The maximum atomic E-state index is 12.4. The molecular weight excluding hydrogens is 348 g/mol. The van der Waals surface area contributed by atoms with Crippen LogP contribution in [0.1, 0.15) is 11.5 Å². The van der Waals surface area contributed by atoms with Gasteiger partial charge in [-0.3, -0.25) is 14.5 Å². The molecule has 2 aromatic carbocycles. The van der Waals surface area contributed by atoms with Crippen molar-refractivity contribution in [2.24, 2.45) is 0 Å². The molecule has 1 aliphatic heterocycles. The molecule has 0 spiro atoms. The third-order valence-corrected chi connectivity index (χ3v) is 4.73. The summed E-state index contributed by atoms with van der Waals surface area (Å²) in [5.74, 6) is -1.12. The van der Waals surface area contributed by atoms with Gasteiger partial charge in [0.25, 0.3) is 0 Å². The van der Waals surface area contributed by atoms with Gasteiger partial charge >= 0.3 is 5.97 Å². The molecule has 2 N–H and O–H groups in total. The molecule has 7 heteroatoms. The molecule has 1 fully saturated rings. The van der Waals surface area contributed by atoms with Crippen LogP contribution in [-0.2, 0) is 19.1 Å². The van der Waals surface area contributed by atoms with Crippen molar-refractivity contribution in [1.82, 2.24) is 10.2 Å². The molecule has 0 aliphatic carbocycles. The molecule has 7 nitrogen and oxygen atoms in total. The van der Waals surface area contributed by atoms with E-state index in [1.54, 1.807) is 18.2 Å². The van der Waals surface area contributed by atoms with Crippen LogP contribution < -0.4 is 5.32 Å². The van der Waals surface area contributed by atoms with Crippen LogP contribution in [-0.4, -0.2) is 68.4 Å². The van der Waals surface area contributed by atoms with Crippen LogP contribution in [0.25, 0.3) is 10.8 Å². The number of carbonyl (C=O) groups excluding carboxylic acids is 2. The van der Waals surface area contributed by atoms with E-state index in [0.717, 1.165) is 23.9 Å². The second kappa shape index (κ2) is 8.83. The number of carbonyl (C=O) groups is 2. The van der Waals surface area contributed by atoms with Gasteiger partial charge in [0, 0.05) is 19.6 Å². The fourth-order valence-corrected chi connectivity index (χ4v) is 3.29. The van der Waals surface area contributed by atoms with E-state index < -0.39 is 11.9 Å². The third kappa shape index (κ3) is 4.75. The summed E-state index contributed by atoms with van der Waals surface area (Å²) in [5, 5.41) is 14.3. The Kier molecular flexibility index (Phi) is 6.26. The first-order chi connectivity index (χ1) is 13.1. The lowest BCUT2D eigenvalue weighted by atomic mass is 9.93. The van der Waals surface area contributed by atoms with Crippen LogP contribution >= 0.6 is 0 Å².